The first-order valence-corrected chi connectivity index (χ1v) is 8.00. The van der Waals surface area contributed by atoms with Gasteiger partial charge in [-0.3, -0.25) is 0 Å². The van der Waals surface area contributed by atoms with E-state index in [9.17, 15) is 8.42 Å². The Morgan fingerprint density at radius 3 is 2.67 bits per heavy atom. The number of hydrogen-bond acceptors (Lipinski definition) is 6. The zero-order chi connectivity index (χ0) is 15.6. The standard InChI is InChI=1S/C12H15ClN4O3S/c1-7-10(13)5-9(6-11(7)14)21(18,19)15-4-3-12-16-8(2)20-17-12/h5-6,15H,3-4,14H2,1-2H3. The zero-order valence-corrected chi connectivity index (χ0v) is 13.1. The molecule has 0 aliphatic carbocycles. The molecule has 0 spiro atoms. The molecule has 9 heteroatoms. The third-order valence-corrected chi connectivity index (χ3v) is 4.71. The summed E-state index contributed by atoms with van der Waals surface area (Å²) < 4.78 is 31.6. The van der Waals surface area contributed by atoms with Crippen molar-refractivity contribution in [3.63, 3.8) is 0 Å². The lowest BCUT2D eigenvalue weighted by Gasteiger charge is -2.09. The maximum Gasteiger partial charge on any atom is 0.240 e. The number of benzene rings is 1. The van der Waals surface area contributed by atoms with Crippen LogP contribution in [0.4, 0.5) is 5.69 Å². The Balaban J connectivity index is 2.08. The molecule has 0 saturated carbocycles. The van der Waals surface area contributed by atoms with Gasteiger partial charge in [-0.25, -0.2) is 13.1 Å². The van der Waals surface area contributed by atoms with Gasteiger partial charge in [-0.1, -0.05) is 16.8 Å². The number of hydrogen-bond donors (Lipinski definition) is 2. The highest BCUT2D eigenvalue weighted by Gasteiger charge is 2.17. The minimum Gasteiger partial charge on any atom is -0.398 e. The summed E-state index contributed by atoms with van der Waals surface area (Å²) in [7, 11) is -3.69. The van der Waals surface area contributed by atoms with Gasteiger partial charge in [-0.05, 0) is 24.6 Å². The summed E-state index contributed by atoms with van der Waals surface area (Å²) in [6.07, 6.45) is 0.325. The van der Waals surface area contributed by atoms with E-state index >= 15 is 0 Å². The summed E-state index contributed by atoms with van der Waals surface area (Å²) >= 11 is 5.95. The number of halogens is 1. The van der Waals surface area contributed by atoms with Crippen molar-refractivity contribution < 1.29 is 12.9 Å². The number of anilines is 1. The predicted octanol–water partition coefficient (Wildman–Crippen LogP) is 1.44. The third kappa shape index (κ3) is 3.72. The summed E-state index contributed by atoms with van der Waals surface area (Å²) in [5.41, 5.74) is 6.71. The smallest absolute Gasteiger partial charge is 0.240 e. The van der Waals surface area contributed by atoms with E-state index in [0.717, 1.165) is 0 Å². The Bertz CT molecular complexity index is 735. The largest absolute Gasteiger partial charge is 0.398 e. The van der Waals surface area contributed by atoms with E-state index < -0.39 is 10.0 Å². The molecule has 0 unspecified atom stereocenters. The van der Waals surface area contributed by atoms with Crippen molar-refractivity contribution in [2.24, 2.45) is 0 Å². The third-order valence-electron chi connectivity index (χ3n) is 2.88. The lowest BCUT2D eigenvalue weighted by atomic mass is 10.2. The number of nitrogens with zero attached hydrogens (tertiary/aromatic N) is 2. The Morgan fingerprint density at radius 1 is 1.38 bits per heavy atom. The molecule has 1 aromatic heterocycles. The van der Waals surface area contributed by atoms with Gasteiger partial charge in [-0.2, -0.15) is 4.98 Å². The molecule has 1 heterocycles. The molecule has 114 valence electrons. The molecule has 2 aromatic rings. The van der Waals surface area contributed by atoms with E-state index in [1.54, 1.807) is 13.8 Å². The molecule has 2 rings (SSSR count). The van der Waals surface area contributed by atoms with Crippen molar-refractivity contribution in [3.05, 3.63) is 34.4 Å². The Hall–Kier alpha value is -1.64. The van der Waals surface area contributed by atoms with E-state index in [-0.39, 0.29) is 11.4 Å². The van der Waals surface area contributed by atoms with E-state index in [4.69, 9.17) is 21.9 Å². The number of nitrogens with one attached hydrogen (secondary N) is 1. The van der Waals surface area contributed by atoms with E-state index in [1.807, 2.05) is 0 Å². The number of aryl methyl sites for hydroxylation is 1. The molecule has 0 aliphatic rings. The molecule has 0 radical (unpaired) electrons. The molecule has 1 aromatic carbocycles. The fourth-order valence-electron chi connectivity index (χ4n) is 1.65. The monoisotopic (exact) mass is 330 g/mol. The van der Waals surface area contributed by atoms with Crippen LogP contribution in [-0.2, 0) is 16.4 Å². The van der Waals surface area contributed by atoms with E-state index in [0.29, 0.717) is 34.4 Å². The van der Waals surface area contributed by atoms with Gasteiger partial charge in [0.15, 0.2) is 5.82 Å². The minimum atomic E-state index is -3.69. The molecule has 0 atom stereocenters. The molecule has 0 saturated heterocycles. The Kier molecular flexibility index (Phi) is 4.50. The minimum absolute atomic E-state index is 0.0277. The Labute approximate surface area is 127 Å². The molecule has 21 heavy (non-hydrogen) atoms. The van der Waals surface area contributed by atoms with Gasteiger partial charge >= 0.3 is 0 Å². The zero-order valence-electron chi connectivity index (χ0n) is 11.6. The summed E-state index contributed by atoms with van der Waals surface area (Å²) in [5, 5.41) is 4.00. The van der Waals surface area contributed by atoms with Crippen LogP contribution in [0.1, 0.15) is 17.3 Å². The molecule has 0 bridgehead atoms. The topological polar surface area (TPSA) is 111 Å². The first-order valence-electron chi connectivity index (χ1n) is 6.14. The van der Waals surface area contributed by atoms with Crippen LogP contribution in [0.15, 0.2) is 21.6 Å². The second-order valence-corrected chi connectivity index (χ2v) is 6.67. The van der Waals surface area contributed by atoms with Gasteiger partial charge in [0.05, 0.1) is 4.90 Å². The van der Waals surface area contributed by atoms with Gasteiger partial charge in [0.1, 0.15) is 0 Å². The maximum atomic E-state index is 12.2. The lowest BCUT2D eigenvalue weighted by molar-refractivity contribution is 0.387. The van der Waals surface area contributed by atoms with Crippen LogP contribution in [0.5, 0.6) is 0 Å². The number of nitrogen functional groups attached to an aromatic ring is 1. The van der Waals surface area contributed by atoms with E-state index in [1.165, 1.54) is 12.1 Å². The van der Waals surface area contributed by atoms with Crippen LogP contribution < -0.4 is 10.5 Å². The second-order valence-electron chi connectivity index (χ2n) is 4.50. The fraction of sp³-hybridized carbons (Fsp3) is 0.333. The second kappa shape index (κ2) is 6.00. The highest BCUT2D eigenvalue weighted by atomic mass is 35.5. The highest BCUT2D eigenvalue weighted by Crippen LogP contribution is 2.25. The summed E-state index contributed by atoms with van der Waals surface area (Å²) in [6.45, 7) is 3.53. The van der Waals surface area contributed by atoms with Crippen molar-refractivity contribution in [2.45, 2.75) is 25.2 Å². The normalized spacial score (nSPS) is 11.8. The fourth-order valence-corrected chi connectivity index (χ4v) is 3.04. The number of sulfonamides is 1. The lowest BCUT2D eigenvalue weighted by Crippen LogP contribution is -2.26. The van der Waals surface area contributed by atoms with Crippen molar-refractivity contribution >= 4 is 27.3 Å². The number of aromatic nitrogens is 2. The maximum absolute atomic E-state index is 12.2. The molecular weight excluding hydrogens is 316 g/mol. The SMILES string of the molecule is Cc1nc(CCNS(=O)(=O)c2cc(N)c(C)c(Cl)c2)no1. The van der Waals surface area contributed by atoms with Crippen molar-refractivity contribution in [1.82, 2.24) is 14.9 Å². The van der Waals surface area contributed by atoms with Crippen molar-refractivity contribution in [3.8, 4) is 0 Å². The number of nitrogens with two attached hydrogens (primary N) is 1. The number of rotatable bonds is 5. The van der Waals surface area contributed by atoms with Crippen LogP contribution in [-0.4, -0.2) is 25.1 Å². The quantitative estimate of drug-likeness (QED) is 0.802. The Morgan fingerprint density at radius 2 is 2.10 bits per heavy atom. The summed E-state index contributed by atoms with van der Waals surface area (Å²) in [4.78, 5) is 4.02. The highest BCUT2D eigenvalue weighted by molar-refractivity contribution is 7.89. The van der Waals surface area contributed by atoms with Crippen molar-refractivity contribution in [2.75, 3.05) is 12.3 Å². The van der Waals surface area contributed by atoms with Crippen molar-refractivity contribution in [1.29, 1.82) is 0 Å². The van der Waals surface area contributed by atoms with Crippen LogP contribution >= 0.6 is 11.6 Å². The van der Waals surface area contributed by atoms with Crippen LogP contribution in [0.3, 0.4) is 0 Å². The van der Waals surface area contributed by atoms with Crippen LogP contribution in [0.25, 0.3) is 0 Å². The van der Waals surface area contributed by atoms with Gasteiger partial charge in [0.2, 0.25) is 15.9 Å². The summed E-state index contributed by atoms with van der Waals surface area (Å²) in [5.74, 6) is 0.877. The van der Waals surface area contributed by atoms with Gasteiger partial charge in [-0.15, -0.1) is 0 Å². The molecular formula is C12H15ClN4O3S. The average Bonchev–Trinajstić information content (AvgIpc) is 2.81. The molecule has 7 nitrogen and oxygen atoms in total. The molecule has 0 aliphatic heterocycles. The average molecular weight is 331 g/mol. The summed E-state index contributed by atoms with van der Waals surface area (Å²) in [6, 6.07) is 2.75. The van der Waals surface area contributed by atoms with Crippen LogP contribution in [0.2, 0.25) is 5.02 Å². The van der Waals surface area contributed by atoms with Gasteiger partial charge in [0, 0.05) is 30.6 Å². The molecule has 0 fully saturated rings. The first-order chi connectivity index (χ1) is 9.79. The predicted molar refractivity (Wildman–Crippen MR) is 78.5 cm³/mol. The van der Waals surface area contributed by atoms with Crippen LogP contribution in [0, 0.1) is 13.8 Å². The van der Waals surface area contributed by atoms with Gasteiger partial charge in [0.25, 0.3) is 0 Å². The molecule has 3 N–H and O–H groups in total. The first kappa shape index (κ1) is 15.7. The van der Waals surface area contributed by atoms with Gasteiger partial charge < -0.3 is 10.3 Å². The molecule has 0 amide bonds. The van der Waals surface area contributed by atoms with E-state index in [2.05, 4.69) is 14.9 Å².